The van der Waals surface area contributed by atoms with E-state index in [1.807, 2.05) is 39.1 Å². The van der Waals surface area contributed by atoms with Crippen molar-refractivity contribution < 1.29 is 36.5 Å². The summed E-state index contributed by atoms with van der Waals surface area (Å²) >= 11 is 0. The van der Waals surface area contributed by atoms with Gasteiger partial charge < -0.3 is 24.4 Å². The first-order valence-electron chi connectivity index (χ1n) is 7.99. The first-order chi connectivity index (χ1) is 12.1. The average molecular weight is 448 g/mol. The quantitative estimate of drug-likeness (QED) is 0.412. The fourth-order valence-electron chi connectivity index (χ4n) is 1.52. The van der Waals surface area contributed by atoms with E-state index in [1.54, 1.807) is 0 Å². The minimum absolute atomic E-state index is 0. The maximum absolute atomic E-state index is 10.6. The number of H-pyrrole nitrogens is 1. The number of aromatic amines is 1. The number of benzene rings is 1. The number of carbonyl (C=O) groups is 1. The van der Waals surface area contributed by atoms with Crippen molar-refractivity contribution in [3.63, 3.8) is 0 Å². The Hall–Kier alpha value is -1.81. The molecule has 0 atom stereocenters. The predicted octanol–water partition coefficient (Wildman–Crippen LogP) is 3.34. The summed E-state index contributed by atoms with van der Waals surface area (Å²) < 4.78 is 4.59. The number of aldehydes is 1. The molecule has 2 aromatic heterocycles. The molecule has 3 aromatic rings. The Bertz CT molecular complexity index is 759. The van der Waals surface area contributed by atoms with Crippen molar-refractivity contribution in [2.75, 3.05) is 0 Å². The van der Waals surface area contributed by atoms with Crippen LogP contribution in [0.5, 0.6) is 5.75 Å². The molecular weight excluding hydrogens is 417 g/mol. The van der Waals surface area contributed by atoms with E-state index in [1.165, 1.54) is 10.9 Å². The molecule has 0 fully saturated rings. The Morgan fingerprint density at radius 2 is 1.75 bits per heavy atom. The van der Waals surface area contributed by atoms with Gasteiger partial charge in [-0.3, -0.25) is 4.79 Å². The first kappa shape index (κ1) is 33.8. The molecule has 0 amide bonds. The molecule has 0 unspecified atom stereocenters. The van der Waals surface area contributed by atoms with Crippen molar-refractivity contribution in [2.45, 2.75) is 41.2 Å². The van der Waals surface area contributed by atoms with Crippen molar-refractivity contribution in [1.82, 2.24) is 4.98 Å². The van der Waals surface area contributed by atoms with Gasteiger partial charge in [0.05, 0.1) is 0 Å². The number of rotatable bonds is 2. The van der Waals surface area contributed by atoms with Gasteiger partial charge in [0, 0.05) is 41.3 Å². The summed E-state index contributed by atoms with van der Waals surface area (Å²) in [6.07, 6.45) is 4.36. The van der Waals surface area contributed by atoms with Crippen molar-refractivity contribution in [3.8, 4) is 5.75 Å². The number of hydrogen-bond donors (Lipinski definition) is 3. The SMILES string of the molecule is C.CC.CCC=O.O=c1cc(CO)occ1O.[AlH2].[Fe].c1ccc2[nH]ccc2c1. The van der Waals surface area contributed by atoms with Crippen molar-refractivity contribution >= 4 is 34.6 Å². The number of para-hydroxylation sites is 1. The number of hydrogen-bond acceptors (Lipinski definition) is 5. The zero-order valence-electron chi connectivity index (χ0n) is 16.1. The summed E-state index contributed by atoms with van der Waals surface area (Å²) in [5.41, 5.74) is 0.660. The summed E-state index contributed by atoms with van der Waals surface area (Å²) in [4.78, 5) is 22.9. The Morgan fingerprint density at radius 3 is 2.21 bits per heavy atom. The van der Waals surface area contributed by atoms with E-state index >= 15 is 0 Å². The molecule has 0 aliphatic carbocycles. The van der Waals surface area contributed by atoms with Crippen LogP contribution in [0.4, 0.5) is 0 Å². The number of carbonyl (C=O) groups excluding carboxylic acids is 1. The number of aromatic hydroxyl groups is 1. The van der Waals surface area contributed by atoms with Crippen LogP contribution in [-0.4, -0.2) is 38.8 Å². The Kier molecular flexibility index (Phi) is 25.9. The molecular formula is C20H31AlFeNO5. The van der Waals surface area contributed by atoms with Crippen LogP contribution in [0.3, 0.4) is 0 Å². The van der Waals surface area contributed by atoms with Crippen LogP contribution < -0.4 is 5.43 Å². The molecule has 1 aromatic carbocycles. The van der Waals surface area contributed by atoms with Gasteiger partial charge in [0.25, 0.3) is 0 Å². The van der Waals surface area contributed by atoms with Crippen molar-refractivity contribution in [3.05, 3.63) is 64.8 Å². The molecule has 157 valence electrons. The summed E-state index contributed by atoms with van der Waals surface area (Å²) in [6, 6.07) is 11.3. The van der Waals surface area contributed by atoms with E-state index in [9.17, 15) is 9.59 Å². The van der Waals surface area contributed by atoms with Crippen molar-refractivity contribution in [2.24, 2.45) is 0 Å². The van der Waals surface area contributed by atoms with Gasteiger partial charge in [-0.05, 0) is 17.5 Å². The molecule has 6 nitrogen and oxygen atoms in total. The zero-order valence-corrected chi connectivity index (χ0v) is 19.2. The first-order valence-corrected chi connectivity index (χ1v) is 7.99. The maximum Gasteiger partial charge on any atom is 0.226 e. The summed E-state index contributed by atoms with van der Waals surface area (Å²) in [5, 5.41) is 18.4. The zero-order chi connectivity index (χ0) is 19.1. The molecule has 0 aliphatic heterocycles. The van der Waals surface area contributed by atoms with E-state index < -0.39 is 11.2 Å². The monoisotopic (exact) mass is 448 g/mol. The number of aliphatic hydroxyl groups is 1. The summed E-state index contributed by atoms with van der Waals surface area (Å²) in [7, 11) is 0. The molecule has 0 saturated carbocycles. The van der Waals surface area contributed by atoms with Gasteiger partial charge in [-0.2, -0.15) is 0 Å². The van der Waals surface area contributed by atoms with Gasteiger partial charge in [0.15, 0.2) is 5.75 Å². The molecule has 0 bridgehead atoms. The molecule has 1 radical (unpaired) electrons. The minimum Gasteiger partial charge on any atom is -0.502 e. The van der Waals surface area contributed by atoms with Gasteiger partial charge in [-0.25, -0.2) is 0 Å². The maximum atomic E-state index is 10.6. The van der Waals surface area contributed by atoms with Gasteiger partial charge in [0.1, 0.15) is 42.3 Å². The Labute approximate surface area is 187 Å². The van der Waals surface area contributed by atoms with Gasteiger partial charge in [0.2, 0.25) is 5.43 Å². The predicted molar refractivity (Wildman–Crippen MR) is 114 cm³/mol. The van der Waals surface area contributed by atoms with Gasteiger partial charge in [-0.1, -0.05) is 46.4 Å². The molecule has 3 N–H and O–H groups in total. The van der Waals surface area contributed by atoms with Crippen LogP contribution in [0, 0.1) is 0 Å². The third kappa shape index (κ3) is 13.4. The number of fused-ring (bicyclic) bond motifs is 1. The third-order valence-corrected chi connectivity index (χ3v) is 2.65. The second kappa shape index (κ2) is 21.5. The molecule has 3 rings (SSSR count). The van der Waals surface area contributed by atoms with Crippen LogP contribution in [0.2, 0.25) is 0 Å². The van der Waals surface area contributed by atoms with Gasteiger partial charge >= 0.3 is 0 Å². The summed E-state index contributed by atoms with van der Waals surface area (Å²) in [5.74, 6) is -0.306. The van der Waals surface area contributed by atoms with E-state index in [-0.39, 0.29) is 54.2 Å². The van der Waals surface area contributed by atoms with E-state index in [0.29, 0.717) is 6.42 Å². The molecule has 8 heteroatoms. The topological polar surface area (TPSA) is 104 Å². The van der Waals surface area contributed by atoms with E-state index in [0.717, 1.165) is 18.6 Å². The van der Waals surface area contributed by atoms with E-state index in [2.05, 4.69) is 27.6 Å². The molecule has 2 heterocycles. The van der Waals surface area contributed by atoms with Crippen LogP contribution in [0.15, 0.2) is 58.1 Å². The molecule has 0 saturated heterocycles. The number of aromatic nitrogens is 1. The third-order valence-electron chi connectivity index (χ3n) is 2.65. The van der Waals surface area contributed by atoms with Crippen LogP contribution in [0.1, 0.15) is 40.4 Å². The number of nitrogens with one attached hydrogen (secondary N) is 1. The summed E-state index contributed by atoms with van der Waals surface area (Å²) in [6.45, 7) is 5.47. The fraction of sp³-hybridized carbons (Fsp3) is 0.300. The van der Waals surface area contributed by atoms with Crippen LogP contribution >= 0.6 is 0 Å². The normalized spacial score (nSPS) is 7.86. The Balaban J connectivity index is -0.000000149. The Morgan fingerprint density at radius 1 is 1.18 bits per heavy atom. The van der Waals surface area contributed by atoms with Crippen LogP contribution in [0.25, 0.3) is 10.9 Å². The van der Waals surface area contributed by atoms with Crippen molar-refractivity contribution in [1.29, 1.82) is 0 Å². The van der Waals surface area contributed by atoms with Gasteiger partial charge in [-0.15, -0.1) is 0 Å². The fourth-order valence-corrected chi connectivity index (χ4v) is 1.52. The van der Waals surface area contributed by atoms with E-state index in [4.69, 9.17) is 10.2 Å². The minimum atomic E-state index is -0.546. The average Bonchev–Trinajstić information content (AvgIpc) is 3.15. The molecule has 0 spiro atoms. The number of aliphatic hydroxyl groups excluding tert-OH is 1. The smallest absolute Gasteiger partial charge is 0.226 e. The second-order valence-electron chi connectivity index (χ2n) is 4.39. The largest absolute Gasteiger partial charge is 0.502 e. The second-order valence-corrected chi connectivity index (χ2v) is 4.39. The molecule has 28 heavy (non-hydrogen) atoms. The van der Waals surface area contributed by atoms with Crippen LogP contribution in [-0.2, 0) is 28.5 Å². The standard InChI is InChI=1S/C8H7N.C6H6O4.C3H6O.C2H6.CH4.Al.Fe.2H/c1-2-4-8-7(3-1)5-6-9-8;7-2-4-1-5(8)6(9)3-10-4;1-2-3-4;1-2;;;;;/h1-6,9H;1,3,7,9H,2H2;3H,2H2,1H3;1-2H3;1H4;;;;. The molecule has 0 aliphatic rings.